The van der Waals surface area contributed by atoms with E-state index < -0.39 is 11.6 Å². The summed E-state index contributed by atoms with van der Waals surface area (Å²) >= 11 is 1.46. The highest BCUT2D eigenvalue weighted by Crippen LogP contribution is 2.26. The van der Waals surface area contributed by atoms with E-state index in [-0.39, 0.29) is 12.2 Å². The van der Waals surface area contributed by atoms with Crippen LogP contribution in [0, 0.1) is 0 Å². The van der Waals surface area contributed by atoms with Crippen molar-refractivity contribution in [2.45, 2.75) is 13.3 Å². The SMILES string of the molecule is CC(=O)C(=O)CC(=O)c1csc2ccccc12. The minimum absolute atomic E-state index is 0.289. The zero-order chi connectivity index (χ0) is 12.4. The second-order valence-electron chi connectivity index (χ2n) is 3.72. The first-order valence-corrected chi connectivity index (χ1v) is 6.00. The quantitative estimate of drug-likeness (QED) is 0.473. The van der Waals surface area contributed by atoms with Gasteiger partial charge >= 0.3 is 0 Å². The smallest absolute Gasteiger partial charge is 0.205 e. The Hall–Kier alpha value is -1.81. The number of hydrogen-bond acceptors (Lipinski definition) is 4. The van der Waals surface area contributed by atoms with Gasteiger partial charge in [0.25, 0.3) is 0 Å². The summed E-state index contributed by atoms with van der Waals surface area (Å²) in [5.74, 6) is -1.49. The van der Waals surface area contributed by atoms with Gasteiger partial charge in [-0.05, 0) is 6.07 Å². The maximum atomic E-state index is 11.9. The molecule has 0 fully saturated rings. The molecule has 0 saturated carbocycles. The summed E-state index contributed by atoms with van der Waals surface area (Å²) in [4.78, 5) is 33.9. The first kappa shape index (κ1) is 11.7. The summed E-state index contributed by atoms with van der Waals surface area (Å²) < 4.78 is 1.01. The molecule has 0 N–H and O–H groups in total. The van der Waals surface area contributed by atoms with Crippen LogP contribution in [-0.2, 0) is 9.59 Å². The topological polar surface area (TPSA) is 51.2 Å². The third-order valence-corrected chi connectivity index (χ3v) is 3.46. The van der Waals surface area contributed by atoms with Crippen LogP contribution in [0.5, 0.6) is 0 Å². The predicted octanol–water partition coefficient (Wildman–Crippen LogP) is 2.63. The number of fused-ring (bicyclic) bond motifs is 1. The van der Waals surface area contributed by atoms with Gasteiger partial charge in [0.15, 0.2) is 11.6 Å². The molecule has 3 nitrogen and oxygen atoms in total. The maximum Gasteiger partial charge on any atom is 0.205 e. The van der Waals surface area contributed by atoms with Crippen LogP contribution in [0.4, 0.5) is 0 Å². The van der Waals surface area contributed by atoms with Gasteiger partial charge in [-0.1, -0.05) is 18.2 Å². The zero-order valence-corrected chi connectivity index (χ0v) is 10.0. The number of ketones is 3. The van der Waals surface area contributed by atoms with Crippen LogP contribution in [0.15, 0.2) is 29.6 Å². The average molecular weight is 246 g/mol. The molecule has 0 bridgehead atoms. The molecule has 0 aliphatic rings. The van der Waals surface area contributed by atoms with E-state index in [1.165, 1.54) is 18.3 Å². The summed E-state index contributed by atoms with van der Waals surface area (Å²) in [6.07, 6.45) is -0.337. The Morgan fingerprint density at radius 1 is 1.18 bits per heavy atom. The first-order chi connectivity index (χ1) is 8.09. The van der Waals surface area contributed by atoms with Gasteiger partial charge in [-0.3, -0.25) is 14.4 Å². The third-order valence-electron chi connectivity index (χ3n) is 2.50. The van der Waals surface area contributed by atoms with Gasteiger partial charge in [-0.25, -0.2) is 0 Å². The van der Waals surface area contributed by atoms with Crippen LogP contribution in [-0.4, -0.2) is 17.3 Å². The van der Waals surface area contributed by atoms with E-state index in [9.17, 15) is 14.4 Å². The van der Waals surface area contributed by atoms with E-state index in [2.05, 4.69) is 0 Å². The number of Topliss-reactive ketones (excluding diaryl/α,β-unsaturated/α-hetero) is 3. The van der Waals surface area contributed by atoms with Crippen molar-refractivity contribution < 1.29 is 14.4 Å². The number of carbonyl (C=O) groups is 3. The zero-order valence-electron chi connectivity index (χ0n) is 9.23. The molecule has 1 aromatic heterocycles. The highest BCUT2D eigenvalue weighted by atomic mass is 32.1. The Morgan fingerprint density at radius 3 is 2.59 bits per heavy atom. The Bertz CT molecular complexity index is 610. The summed E-state index contributed by atoms with van der Waals surface area (Å²) in [7, 11) is 0. The van der Waals surface area contributed by atoms with Gasteiger partial charge in [0.1, 0.15) is 0 Å². The lowest BCUT2D eigenvalue weighted by molar-refractivity contribution is -0.134. The van der Waals surface area contributed by atoms with E-state index in [0.29, 0.717) is 5.56 Å². The molecule has 2 aromatic rings. The molecule has 17 heavy (non-hydrogen) atoms. The van der Waals surface area contributed by atoms with E-state index >= 15 is 0 Å². The molecular weight excluding hydrogens is 236 g/mol. The monoisotopic (exact) mass is 246 g/mol. The van der Waals surface area contributed by atoms with Crippen molar-refractivity contribution in [3.63, 3.8) is 0 Å². The fraction of sp³-hybridized carbons (Fsp3) is 0.154. The highest BCUT2D eigenvalue weighted by molar-refractivity contribution is 7.17. The Balaban J connectivity index is 2.31. The van der Waals surface area contributed by atoms with Gasteiger partial charge < -0.3 is 0 Å². The first-order valence-electron chi connectivity index (χ1n) is 5.13. The third kappa shape index (κ3) is 2.31. The Labute approximate surface area is 102 Å². The second-order valence-corrected chi connectivity index (χ2v) is 4.64. The summed E-state index contributed by atoms with van der Waals surface area (Å²) in [5.41, 5.74) is 0.528. The number of benzene rings is 1. The van der Waals surface area contributed by atoms with Gasteiger partial charge in [0.05, 0.1) is 6.42 Å². The molecule has 1 aromatic carbocycles. The number of hydrogen-bond donors (Lipinski definition) is 0. The predicted molar refractivity (Wildman–Crippen MR) is 66.5 cm³/mol. The van der Waals surface area contributed by atoms with Gasteiger partial charge in [0.2, 0.25) is 5.78 Å². The van der Waals surface area contributed by atoms with Crippen LogP contribution >= 0.6 is 11.3 Å². The lowest BCUT2D eigenvalue weighted by atomic mass is 10.0. The fourth-order valence-corrected chi connectivity index (χ4v) is 2.52. The fourth-order valence-electron chi connectivity index (χ4n) is 1.56. The molecule has 4 heteroatoms. The molecule has 0 aliphatic carbocycles. The molecule has 0 radical (unpaired) electrons. The standard InChI is InChI=1S/C13H10O3S/c1-8(14)11(15)6-12(16)10-7-17-13-5-3-2-4-9(10)13/h2-5,7H,6H2,1H3. The minimum atomic E-state index is -0.634. The maximum absolute atomic E-state index is 11.9. The number of rotatable bonds is 4. The van der Waals surface area contributed by atoms with Crippen LogP contribution in [0.25, 0.3) is 10.1 Å². The van der Waals surface area contributed by atoms with E-state index in [0.717, 1.165) is 10.1 Å². The average Bonchev–Trinajstić information content (AvgIpc) is 2.72. The Kier molecular flexibility index (Phi) is 3.15. The van der Waals surface area contributed by atoms with Crippen molar-refractivity contribution in [3.8, 4) is 0 Å². The highest BCUT2D eigenvalue weighted by Gasteiger charge is 2.17. The largest absolute Gasteiger partial charge is 0.294 e. The van der Waals surface area contributed by atoms with Gasteiger partial charge in [0, 0.05) is 28.0 Å². The van der Waals surface area contributed by atoms with Crippen LogP contribution in [0.3, 0.4) is 0 Å². The van der Waals surface area contributed by atoms with Gasteiger partial charge in [-0.15, -0.1) is 11.3 Å². The van der Waals surface area contributed by atoms with Crippen molar-refractivity contribution in [2.24, 2.45) is 0 Å². The van der Waals surface area contributed by atoms with Crippen molar-refractivity contribution in [3.05, 3.63) is 35.2 Å². The summed E-state index contributed by atoms with van der Waals surface area (Å²) in [6.45, 7) is 1.18. The number of thiophene rings is 1. The molecule has 0 unspecified atom stereocenters. The molecule has 1 heterocycles. The summed E-state index contributed by atoms with van der Waals surface area (Å²) in [5, 5.41) is 2.58. The van der Waals surface area contributed by atoms with E-state index in [1.54, 1.807) is 5.38 Å². The van der Waals surface area contributed by atoms with E-state index in [4.69, 9.17) is 0 Å². The molecule has 86 valence electrons. The molecule has 0 amide bonds. The molecule has 0 saturated heterocycles. The van der Waals surface area contributed by atoms with Crippen LogP contribution in [0.2, 0.25) is 0 Å². The minimum Gasteiger partial charge on any atom is -0.294 e. The van der Waals surface area contributed by atoms with Crippen LogP contribution < -0.4 is 0 Å². The lowest BCUT2D eigenvalue weighted by Crippen LogP contribution is -2.14. The molecule has 2 rings (SSSR count). The van der Waals surface area contributed by atoms with Crippen molar-refractivity contribution in [2.75, 3.05) is 0 Å². The normalized spacial score (nSPS) is 10.4. The molecule has 0 atom stereocenters. The summed E-state index contributed by atoms with van der Waals surface area (Å²) in [6, 6.07) is 7.51. The van der Waals surface area contributed by atoms with Gasteiger partial charge in [-0.2, -0.15) is 0 Å². The number of carbonyl (C=O) groups excluding carboxylic acids is 3. The van der Waals surface area contributed by atoms with E-state index in [1.807, 2.05) is 24.3 Å². The molecule has 0 spiro atoms. The van der Waals surface area contributed by atoms with Crippen molar-refractivity contribution >= 4 is 38.8 Å². The van der Waals surface area contributed by atoms with Crippen molar-refractivity contribution in [1.82, 2.24) is 0 Å². The van der Waals surface area contributed by atoms with Crippen LogP contribution in [0.1, 0.15) is 23.7 Å². The lowest BCUT2D eigenvalue weighted by Gasteiger charge is -1.97. The van der Waals surface area contributed by atoms with Crippen molar-refractivity contribution in [1.29, 1.82) is 0 Å². The molecular formula is C13H10O3S. The Morgan fingerprint density at radius 2 is 1.88 bits per heavy atom. The second kappa shape index (κ2) is 4.59. The molecule has 0 aliphatic heterocycles.